The van der Waals surface area contributed by atoms with E-state index in [1.54, 1.807) is 0 Å². The maximum atomic E-state index is 6.74. The summed E-state index contributed by atoms with van der Waals surface area (Å²) in [5.74, 6) is 0.991. The molecule has 2 N–H and O–H groups in total. The predicted octanol–water partition coefficient (Wildman–Crippen LogP) is 5.68. The normalized spacial score (nSPS) is 22.7. The number of benzene rings is 1. The first-order valence-electron chi connectivity index (χ1n) is 9.25. The van der Waals surface area contributed by atoms with Crippen LogP contribution in [0.1, 0.15) is 50.5 Å². The molecule has 0 spiro atoms. The van der Waals surface area contributed by atoms with Crippen molar-refractivity contribution in [2.75, 3.05) is 0 Å². The number of hydrogen-bond donors (Lipinski definition) is 1. The summed E-state index contributed by atoms with van der Waals surface area (Å²) in [5, 5.41) is 0. The lowest BCUT2D eigenvalue weighted by Gasteiger charge is -2.28. The first-order chi connectivity index (χ1) is 11.7. The Morgan fingerprint density at radius 2 is 1.92 bits per heavy atom. The minimum atomic E-state index is 0.156. The Kier molecular flexibility index (Phi) is 5.87. The van der Waals surface area contributed by atoms with Crippen molar-refractivity contribution in [3.63, 3.8) is 0 Å². The molecule has 2 aliphatic carbocycles. The lowest BCUT2D eigenvalue weighted by atomic mass is 9.79. The summed E-state index contributed by atoms with van der Waals surface area (Å²) in [6.45, 7) is 2.31. The van der Waals surface area contributed by atoms with Crippen LogP contribution in [0, 0.1) is 5.92 Å². The van der Waals surface area contributed by atoms with E-state index in [-0.39, 0.29) is 6.04 Å². The molecule has 0 saturated heterocycles. The van der Waals surface area contributed by atoms with Crippen molar-refractivity contribution in [3.05, 3.63) is 83.5 Å². The molecule has 1 nitrogen and oxygen atoms in total. The summed E-state index contributed by atoms with van der Waals surface area (Å²) in [7, 11) is 0. The van der Waals surface area contributed by atoms with Crippen LogP contribution in [-0.2, 0) is 0 Å². The van der Waals surface area contributed by atoms with Crippen LogP contribution in [0.3, 0.4) is 0 Å². The van der Waals surface area contributed by atoms with E-state index in [4.69, 9.17) is 5.73 Å². The zero-order chi connectivity index (χ0) is 16.8. The highest BCUT2D eigenvalue weighted by Crippen LogP contribution is 2.33. The van der Waals surface area contributed by atoms with Gasteiger partial charge in [0.1, 0.15) is 0 Å². The maximum absolute atomic E-state index is 6.74. The van der Waals surface area contributed by atoms with Crippen LogP contribution >= 0.6 is 0 Å². The predicted molar refractivity (Wildman–Crippen MR) is 104 cm³/mol. The van der Waals surface area contributed by atoms with E-state index in [1.807, 2.05) is 0 Å². The third-order valence-corrected chi connectivity index (χ3v) is 5.31. The van der Waals surface area contributed by atoms with Crippen molar-refractivity contribution in [1.82, 2.24) is 0 Å². The highest BCUT2D eigenvalue weighted by molar-refractivity contribution is 5.30. The highest BCUT2D eigenvalue weighted by atomic mass is 14.7. The zero-order valence-corrected chi connectivity index (χ0v) is 14.7. The number of rotatable bonds is 6. The Morgan fingerprint density at radius 3 is 2.62 bits per heavy atom. The van der Waals surface area contributed by atoms with E-state index in [0.717, 1.165) is 25.7 Å². The highest BCUT2D eigenvalue weighted by Gasteiger charge is 2.23. The second-order valence-electron chi connectivity index (χ2n) is 7.15. The third-order valence-electron chi connectivity index (χ3n) is 5.31. The van der Waals surface area contributed by atoms with Gasteiger partial charge in [-0.25, -0.2) is 0 Å². The van der Waals surface area contributed by atoms with Gasteiger partial charge >= 0.3 is 0 Å². The van der Waals surface area contributed by atoms with Gasteiger partial charge in [-0.3, -0.25) is 0 Å². The molecule has 0 aliphatic heterocycles. The molecular formula is C23H29N. The fourth-order valence-electron chi connectivity index (χ4n) is 3.76. The van der Waals surface area contributed by atoms with Crippen LogP contribution in [0.25, 0.3) is 0 Å². The standard InChI is InChI=1S/C23H29N/c1-18-10-8-9-15-21(18)17-23(24)22(20-13-6-3-7-14-20)16-19-11-4-2-5-12-19/h3-4,6-9,11-15,18,22-23H,2,5,10,16-17,24H2,1H3. The van der Waals surface area contributed by atoms with E-state index in [1.165, 1.54) is 23.1 Å². The van der Waals surface area contributed by atoms with Gasteiger partial charge in [-0.2, -0.15) is 0 Å². The second-order valence-corrected chi connectivity index (χ2v) is 7.15. The van der Waals surface area contributed by atoms with Crippen LogP contribution in [0.15, 0.2) is 77.9 Å². The lowest BCUT2D eigenvalue weighted by molar-refractivity contribution is 0.497. The van der Waals surface area contributed by atoms with Gasteiger partial charge in [0, 0.05) is 12.0 Å². The van der Waals surface area contributed by atoms with Crippen molar-refractivity contribution < 1.29 is 0 Å². The van der Waals surface area contributed by atoms with Crippen molar-refractivity contribution in [3.8, 4) is 0 Å². The third kappa shape index (κ3) is 4.36. The molecule has 126 valence electrons. The summed E-state index contributed by atoms with van der Waals surface area (Å²) in [6.07, 6.45) is 19.2. The molecule has 0 fully saturated rings. The molecule has 3 rings (SSSR count). The average Bonchev–Trinajstić information content (AvgIpc) is 2.63. The van der Waals surface area contributed by atoms with E-state index in [0.29, 0.717) is 11.8 Å². The molecule has 3 unspecified atom stereocenters. The molecule has 0 saturated carbocycles. The van der Waals surface area contributed by atoms with Gasteiger partial charge < -0.3 is 5.73 Å². The van der Waals surface area contributed by atoms with Crippen molar-refractivity contribution in [2.45, 2.75) is 51.0 Å². The smallest absolute Gasteiger partial charge is 0.0149 e. The number of hydrogen-bond acceptors (Lipinski definition) is 1. The SMILES string of the molecule is CC1CC=CC=C1CC(N)C(CC1=CCCC=C1)c1ccccc1. The van der Waals surface area contributed by atoms with Crippen LogP contribution in [0.4, 0.5) is 0 Å². The van der Waals surface area contributed by atoms with Gasteiger partial charge in [0.15, 0.2) is 0 Å². The van der Waals surface area contributed by atoms with E-state index in [9.17, 15) is 0 Å². The lowest BCUT2D eigenvalue weighted by Crippen LogP contribution is -2.30. The van der Waals surface area contributed by atoms with Crippen molar-refractivity contribution in [2.24, 2.45) is 11.7 Å². The Balaban J connectivity index is 1.78. The minimum absolute atomic E-state index is 0.156. The second kappa shape index (κ2) is 8.30. The fourth-order valence-corrected chi connectivity index (χ4v) is 3.76. The van der Waals surface area contributed by atoms with Gasteiger partial charge in [-0.15, -0.1) is 0 Å². The molecule has 3 atom stereocenters. The average molecular weight is 319 g/mol. The fraction of sp³-hybridized carbons (Fsp3) is 0.391. The molecule has 0 bridgehead atoms. The maximum Gasteiger partial charge on any atom is 0.0149 e. The Labute approximate surface area is 146 Å². The van der Waals surface area contributed by atoms with E-state index >= 15 is 0 Å². The van der Waals surface area contributed by atoms with Gasteiger partial charge in [0.25, 0.3) is 0 Å². The van der Waals surface area contributed by atoms with Gasteiger partial charge in [0.05, 0.1) is 0 Å². The molecule has 1 aromatic carbocycles. The van der Waals surface area contributed by atoms with Crippen molar-refractivity contribution >= 4 is 0 Å². The topological polar surface area (TPSA) is 26.0 Å². The van der Waals surface area contributed by atoms with Crippen LogP contribution < -0.4 is 5.73 Å². The summed E-state index contributed by atoms with van der Waals surface area (Å²) in [4.78, 5) is 0. The largest absolute Gasteiger partial charge is 0.327 e. The Bertz CT molecular complexity index is 648. The van der Waals surface area contributed by atoms with Crippen molar-refractivity contribution in [1.29, 1.82) is 0 Å². The molecule has 2 aliphatic rings. The quantitative estimate of drug-likeness (QED) is 0.717. The van der Waals surface area contributed by atoms with Gasteiger partial charge in [-0.1, -0.05) is 84.9 Å². The van der Waals surface area contributed by atoms with E-state index in [2.05, 4.69) is 73.7 Å². The van der Waals surface area contributed by atoms with Gasteiger partial charge in [-0.05, 0) is 43.6 Å². The van der Waals surface area contributed by atoms with Gasteiger partial charge in [0.2, 0.25) is 0 Å². The summed E-state index contributed by atoms with van der Waals surface area (Å²) < 4.78 is 0. The zero-order valence-electron chi connectivity index (χ0n) is 14.7. The number of nitrogens with two attached hydrogens (primary N) is 1. The van der Waals surface area contributed by atoms with E-state index < -0.39 is 0 Å². The Morgan fingerprint density at radius 1 is 1.08 bits per heavy atom. The minimum Gasteiger partial charge on any atom is -0.327 e. The Hall–Kier alpha value is -1.86. The molecule has 0 aromatic heterocycles. The van der Waals surface area contributed by atoms with Crippen LogP contribution in [-0.4, -0.2) is 6.04 Å². The molecule has 1 aromatic rings. The summed E-state index contributed by atoms with van der Waals surface area (Å²) in [6, 6.07) is 11.0. The number of allylic oxidation sites excluding steroid dienone is 7. The summed E-state index contributed by atoms with van der Waals surface area (Å²) >= 11 is 0. The van der Waals surface area contributed by atoms with Crippen LogP contribution in [0.2, 0.25) is 0 Å². The monoisotopic (exact) mass is 319 g/mol. The summed E-state index contributed by atoms with van der Waals surface area (Å²) in [5.41, 5.74) is 11.0. The molecule has 1 heteroatoms. The first kappa shape index (κ1) is 17.0. The molecular weight excluding hydrogens is 290 g/mol. The van der Waals surface area contributed by atoms with Crippen LogP contribution in [0.5, 0.6) is 0 Å². The molecule has 0 heterocycles. The molecule has 0 amide bonds. The first-order valence-corrected chi connectivity index (χ1v) is 9.25. The molecule has 24 heavy (non-hydrogen) atoms. The molecule has 0 radical (unpaired) electrons.